The number of hydrogen-bond acceptors (Lipinski definition) is 5. The number of hydrogen-bond donors (Lipinski definition) is 1. The maximum atomic E-state index is 11.5. The van der Waals surface area contributed by atoms with E-state index in [9.17, 15) is 18.5 Å². The van der Waals surface area contributed by atoms with Gasteiger partial charge >= 0.3 is 0 Å². The van der Waals surface area contributed by atoms with Crippen LogP contribution in [-0.4, -0.2) is 19.9 Å². The highest BCUT2D eigenvalue weighted by Crippen LogP contribution is 2.35. The van der Waals surface area contributed by atoms with Gasteiger partial charge in [-0.2, -0.15) is 0 Å². The van der Waals surface area contributed by atoms with E-state index in [0.717, 1.165) is 18.9 Å². The van der Waals surface area contributed by atoms with Crippen molar-refractivity contribution < 1.29 is 18.1 Å². The molecule has 2 rings (SSSR count). The Balaban J connectivity index is 2.46. The third-order valence-corrected chi connectivity index (χ3v) is 3.82. The topological polar surface area (TPSA) is 113 Å². The van der Waals surface area contributed by atoms with Crippen molar-refractivity contribution in [1.82, 2.24) is 0 Å². The zero-order chi connectivity index (χ0) is 14.2. The van der Waals surface area contributed by atoms with Crippen LogP contribution in [0.15, 0.2) is 17.0 Å². The van der Waals surface area contributed by atoms with E-state index in [0.29, 0.717) is 18.1 Å². The Hall–Kier alpha value is -1.67. The summed E-state index contributed by atoms with van der Waals surface area (Å²) in [6.07, 6.45) is 2.10. The summed E-state index contributed by atoms with van der Waals surface area (Å²) in [6.45, 7) is 1.96. The van der Waals surface area contributed by atoms with E-state index in [1.807, 2.05) is 0 Å². The Kier molecular flexibility index (Phi) is 3.46. The predicted molar refractivity (Wildman–Crippen MR) is 67.4 cm³/mol. The molecule has 0 bridgehead atoms. The van der Waals surface area contributed by atoms with Gasteiger partial charge in [0.1, 0.15) is 10.6 Å². The molecule has 2 N–H and O–H groups in total. The molecule has 0 atom stereocenters. The Morgan fingerprint density at radius 2 is 2.11 bits per heavy atom. The minimum absolute atomic E-state index is 0.111. The van der Waals surface area contributed by atoms with Crippen molar-refractivity contribution in [3.05, 3.63) is 27.8 Å². The van der Waals surface area contributed by atoms with Crippen LogP contribution in [0.3, 0.4) is 0 Å². The minimum Gasteiger partial charge on any atom is -0.492 e. The van der Waals surface area contributed by atoms with Crippen LogP contribution in [0.5, 0.6) is 5.75 Å². The SMILES string of the molecule is Cc1cc([N+](=O)[O-])cc(S(N)(=O)=O)c1OCC1CC1. The van der Waals surface area contributed by atoms with Crippen LogP contribution in [0.25, 0.3) is 0 Å². The number of nitro groups is 1. The van der Waals surface area contributed by atoms with Gasteiger partial charge in [0, 0.05) is 12.1 Å². The number of ether oxygens (including phenoxy) is 1. The molecule has 7 nitrogen and oxygen atoms in total. The largest absolute Gasteiger partial charge is 0.492 e. The van der Waals surface area contributed by atoms with E-state index in [1.54, 1.807) is 6.92 Å². The zero-order valence-corrected chi connectivity index (χ0v) is 11.1. The van der Waals surface area contributed by atoms with E-state index < -0.39 is 14.9 Å². The number of rotatable bonds is 5. The molecular weight excluding hydrogens is 272 g/mol. The third kappa shape index (κ3) is 3.21. The van der Waals surface area contributed by atoms with Crippen LogP contribution < -0.4 is 9.88 Å². The molecule has 19 heavy (non-hydrogen) atoms. The maximum Gasteiger partial charge on any atom is 0.271 e. The molecule has 1 aromatic carbocycles. The fourth-order valence-corrected chi connectivity index (χ4v) is 2.47. The maximum absolute atomic E-state index is 11.5. The van der Waals surface area contributed by atoms with Crippen molar-refractivity contribution >= 4 is 15.7 Å². The fraction of sp³-hybridized carbons (Fsp3) is 0.455. The summed E-state index contributed by atoms with van der Waals surface area (Å²) < 4.78 is 28.5. The second-order valence-electron chi connectivity index (χ2n) is 4.65. The van der Waals surface area contributed by atoms with Crippen LogP contribution in [0.4, 0.5) is 5.69 Å². The molecule has 8 heteroatoms. The van der Waals surface area contributed by atoms with Gasteiger partial charge < -0.3 is 4.74 Å². The summed E-state index contributed by atoms with van der Waals surface area (Å²) in [5.74, 6) is 0.544. The molecule has 0 heterocycles. The number of nitro benzene ring substituents is 1. The van der Waals surface area contributed by atoms with Crippen molar-refractivity contribution in [2.45, 2.75) is 24.7 Å². The number of sulfonamides is 1. The van der Waals surface area contributed by atoms with Gasteiger partial charge in [0.15, 0.2) is 0 Å². The average Bonchev–Trinajstić information content (AvgIpc) is 3.08. The quantitative estimate of drug-likeness (QED) is 0.648. The van der Waals surface area contributed by atoms with E-state index in [1.165, 1.54) is 6.07 Å². The number of nitrogens with zero attached hydrogens (tertiary/aromatic N) is 1. The van der Waals surface area contributed by atoms with Gasteiger partial charge in [0.25, 0.3) is 5.69 Å². The van der Waals surface area contributed by atoms with Gasteiger partial charge in [0.05, 0.1) is 11.5 Å². The Morgan fingerprint density at radius 3 is 2.58 bits per heavy atom. The predicted octanol–water partition coefficient (Wildman–Crippen LogP) is 1.34. The number of nitrogens with two attached hydrogens (primary N) is 1. The second-order valence-corrected chi connectivity index (χ2v) is 6.18. The summed E-state index contributed by atoms with van der Waals surface area (Å²) >= 11 is 0. The van der Waals surface area contributed by atoms with Gasteiger partial charge in [-0.3, -0.25) is 10.1 Å². The monoisotopic (exact) mass is 286 g/mol. The van der Waals surface area contributed by atoms with E-state index in [2.05, 4.69) is 0 Å². The minimum atomic E-state index is -4.07. The second kappa shape index (κ2) is 4.78. The van der Waals surface area contributed by atoms with Crippen molar-refractivity contribution in [3.63, 3.8) is 0 Å². The molecule has 0 aliphatic heterocycles. The average molecular weight is 286 g/mol. The first-order valence-electron chi connectivity index (χ1n) is 5.73. The normalized spacial score (nSPS) is 15.3. The Labute approximate surface area is 110 Å². The third-order valence-electron chi connectivity index (χ3n) is 2.90. The molecule has 0 spiro atoms. The van der Waals surface area contributed by atoms with Crippen LogP contribution in [0.2, 0.25) is 0 Å². The summed E-state index contributed by atoms with van der Waals surface area (Å²) in [4.78, 5) is 9.75. The van der Waals surface area contributed by atoms with Crippen molar-refractivity contribution in [3.8, 4) is 5.75 Å². The lowest BCUT2D eigenvalue weighted by molar-refractivity contribution is -0.385. The molecule has 0 aromatic heterocycles. The standard InChI is InChI=1S/C11H14N2O5S/c1-7-4-9(13(14)15)5-10(19(12,16)17)11(7)18-6-8-2-3-8/h4-5,8H,2-3,6H2,1H3,(H2,12,16,17). The molecule has 0 unspecified atom stereocenters. The van der Waals surface area contributed by atoms with Crippen LogP contribution in [-0.2, 0) is 10.0 Å². The molecule has 1 fully saturated rings. The molecule has 1 aliphatic rings. The molecule has 104 valence electrons. The Morgan fingerprint density at radius 1 is 1.47 bits per heavy atom. The lowest BCUT2D eigenvalue weighted by atomic mass is 10.2. The van der Waals surface area contributed by atoms with Gasteiger partial charge in [-0.25, -0.2) is 13.6 Å². The van der Waals surface area contributed by atoms with Gasteiger partial charge in [-0.1, -0.05) is 0 Å². The summed E-state index contributed by atoms with van der Waals surface area (Å²) in [6, 6.07) is 2.21. The summed E-state index contributed by atoms with van der Waals surface area (Å²) in [7, 11) is -4.07. The first kappa shape index (κ1) is 13.8. The number of benzene rings is 1. The molecule has 1 saturated carbocycles. The van der Waals surface area contributed by atoms with Crippen molar-refractivity contribution in [2.24, 2.45) is 11.1 Å². The zero-order valence-electron chi connectivity index (χ0n) is 10.3. The Bertz CT molecular complexity index is 622. The lowest BCUT2D eigenvalue weighted by Crippen LogP contribution is -2.15. The summed E-state index contributed by atoms with van der Waals surface area (Å²) in [5.41, 5.74) is 0.0687. The fourth-order valence-electron chi connectivity index (χ4n) is 1.71. The highest BCUT2D eigenvalue weighted by atomic mass is 32.2. The first-order chi connectivity index (χ1) is 8.79. The molecular formula is C11H14N2O5S. The van der Waals surface area contributed by atoms with Crippen LogP contribution in [0.1, 0.15) is 18.4 Å². The highest BCUT2D eigenvalue weighted by molar-refractivity contribution is 7.89. The van der Waals surface area contributed by atoms with E-state index >= 15 is 0 Å². The lowest BCUT2D eigenvalue weighted by Gasteiger charge is -2.12. The molecule has 0 amide bonds. The molecule has 1 aromatic rings. The molecule has 1 aliphatic carbocycles. The van der Waals surface area contributed by atoms with Gasteiger partial charge in [-0.15, -0.1) is 0 Å². The highest BCUT2D eigenvalue weighted by Gasteiger charge is 2.26. The van der Waals surface area contributed by atoms with Gasteiger partial charge in [0.2, 0.25) is 10.0 Å². The van der Waals surface area contributed by atoms with E-state index in [-0.39, 0.29) is 16.3 Å². The first-order valence-corrected chi connectivity index (χ1v) is 7.28. The van der Waals surface area contributed by atoms with Crippen LogP contribution >= 0.6 is 0 Å². The number of non-ortho nitro benzene ring substituents is 1. The number of aryl methyl sites for hydroxylation is 1. The van der Waals surface area contributed by atoms with Gasteiger partial charge in [-0.05, 0) is 31.2 Å². The van der Waals surface area contributed by atoms with Crippen molar-refractivity contribution in [2.75, 3.05) is 6.61 Å². The molecule has 0 radical (unpaired) electrons. The molecule has 0 saturated heterocycles. The van der Waals surface area contributed by atoms with Crippen LogP contribution in [0, 0.1) is 23.0 Å². The number of primary sulfonamides is 1. The smallest absolute Gasteiger partial charge is 0.271 e. The van der Waals surface area contributed by atoms with E-state index in [4.69, 9.17) is 9.88 Å². The van der Waals surface area contributed by atoms with Crippen molar-refractivity contribution in [1.29, 1.82) is 0 Å². The summed E-state index contributed by atoms with van der Waals surface area (Å²) in [5, 5.41) is 15.8.